The molecule has 0 fully saturated rings. The largest absolute Gasteiger partial charge is 0.384 e. The van der Waals surface area contributed by atoms with E-state index in [1.807, 2.05) is 24.3 Å². The molecule has 0 unspecified atom stereocenters. The molecule has 0 aliphatic heterocycles. The molecule has 0 aliphatic carbocycles. The summed E-state index contributed by atoms with van der Waals surface area (Å²) < 4.78 is 1.09. The molecule has 0 saturated carbocycles. The second kappa shape index (κ2) is 4.84. The van der Waals surface area contributed by atoms with Gasteiger partial charge in [-0.3, -0.25) is 0 Å². The zero-order valence-electron chi connectivity index (χ0n) is 6.68. The molecule has 0 aromatic heterocycles. The molecule has 12 heavy (non-hydrogen) atoms. The predicted molar refractivity (Wildman–Crippen MR) is 56.1 cm³/mol. The normalized spacial score (nSPS) is 9.00. The topological polar surface area (TPSA) is 12.0 Å². The van der Waals surface area contributed by atoms with Gasteiger partial charge in [0.25, 0.3) is 0 Å². The van der Waals surface area contributed by atoms with Gasteiger partial charge in [0.2, 0.25) is 0 Å². The third-order valence-electron chi connectivity index (χ3n) is 1.44. The van der Waals surface area contributed by atoms with E-state index < -0.39 is 0 Å². The maximum absolute atomic E-state index is 5.12. The molecule has 62 valence electrons. The Bertz CT molecular complexity index is 271. The minimum atomic E-state index is 0.760. The van der Waals surface area contributed by atoms with Crippen molar-refractivity contribution in [2.75, 3.05) is 11.9 Å². The number of hydrogen-bond acceptors (Lipinski definition) is 1. The van der Waals surface area contributed by atoms with E-state index in [0.29, 0.717) is 0 Å². The Hall–Kier alpha value is -0.940. The SMILES string of the molecule is C#CCCNc1ccc(Br)cc1. The van der Waals surface area contributed by atoms with E-state index in [2.05, 4.69) is 27.2 Å². The maximum Gasteiger partial charge on any atom is 0.0341 e. The van der Waals surface area contributed by atoms with Crippen molar-refractivity contribution < 1.29 is 0 Å². The van der Waals surface area contributed by atoms with Gasteiger partial charge in [0.05, 0.1) is 0 Å². The van der Waals surface area contributed by atoms with Gasteiger partial charge in [-0.2, -0.15) is 0 Å². The van der Waals surface area contributed by atoms with Crippen LogP contribution in [0.25, 0.3) is 0 Å². The fraction of sp³-hybridized carbons (Fsp3) is 0.200. The number of rotatable bonds is 3. The van der Waals surface area contributed by atoms with Gasteiger partial charge in [-0.1, -0.05) is 15.9 Å². The first-order chi connectivity index (χ1) is 5.83. The lowest BCUT2D eigenvalue weighted by Gasteiger charge is -2.02. The molecular formula is C10H10BrN. The van der Waals surface area contributed by atoms with Crippen LogP contribution in [0.15, 0.2) is 28.7 Å². The molecular weight excluding hydrogens is 214 g/mol. The minimum absolute atomic E-state index is 0.760. The minimum Gasteiger partial charge on any atom is -0.384 e. The lowest BCUT2D eigenvalue weighted by Crippen LogP contribution is -1.99. The van der Waals surface area contributed by atoms with E-state index >= 15 is 0 Å². The lowest BCUT2D eigenvalue weighted by atomic mass is 10.3. The Labute approximate surface area is 81.3 Å². The molecule has 0 aliphatic rings. The van der Waals surface area contributed by atoms with Gasteiger partial charge in [-0.15, -0.1) is 12.3 Å². The molecule has 0 radical (unpaired) electrons. The highest BCUT2D eigenvalue weighted by molar-refractivity contribution is 9.10. The number of hydrogen-bond donors (Lipinski definition) is 1. The van der Waals surface area contributed by atoms with Crippen LogP contribution in [0.3, 0.4) is 0 Å². The first kappa shape index (κ1) is 9.15. The molecule has 1 aromatic carbocycles. The Morgan fingerprint density at radius 1 is 1.33 bits per heavy atom. The number of terminal acetylenes is 1. The molecule has 0 saturated heterocycles. The number of nitrogens with one attached hydrogen (secondary N) is 1. The third-order valence-corrected chi connectivity index (χ3v) is 1.97. The summed E-state index contributed by atoms with van der Waals surface area (Å²) in [5.74, 6) is 2.58. The van der Waals surface area contributed by atoms with Crippen molar-refractivity contribution in [2.45, 2.75) is 6.42 Å². The Morgan fingerprint density at radius 2 is 2.00 bits per heavy atom. The molecule has 1 N–H and O–H groups in total. The average Bonchev–Trinajstić information content (AvgIpc) is 2.09. The summed E-state index contributed by atoms with van der Waals surface area (Å²) in [5, 5.41) is 3.21. The maximum atomic E-state index is 5.12. The summed E-state index contributed by atoms with van der Waals surface area (Å²) in [4.78, 5) is 0. The number of halogens is 1. The molecule has 0 amide bonds. The second-order valence-corrected chi connectivity index (χ2v) is 3.30. The molecule has 2 heteroatoms. The Morgan fingerprint density at radius 3 is 2.58 bits per heavy atom. The molecule has 0 spiro atoms. The van der Waals surface area contributed by atoms with Crippen LogP contribution in [-0.4, -0.2) is 6.54 Å². The first-order valence-corrected chi connectivity index (χ1v) is 4.55. The summed E-state index contributed by atoms with van der Waals surface area (Å²) in [5.41, 5.74) is 1.11. The molecule has 0 bridgehead atoms. The highest BCUT2D eigenvalue weighted by Gasteiger charge is 1.89. The van der Waals surface area contributed by atoms with Crippen molar-refractivity contribution in [1.29, 1.82) is 0 Å². The zero-order chi connectivity index (χ0) is 8.81. The highest BCUT2D eigenvalue weighted by atomic mass is 79.9. The van der Waals surface area contributed by atoms with Gasteiger partial charge in [-0.25, -0.2) is 0 Å². The quantitative estimate of drug-likeness (QED) is 0.614. The molecule has 1 aromatic rings. The van der Waals surface area contributed by atoms with Crippen LogP contribution in [0, 0.1) is 12.3 Å². The van der Waals surface area contributed by atoms with Crippen LogP contribution in [-0.2, 0) is 0 Å². The standard InChI is InChI=1S/C10H10BrN/c1-2-3-8-12-10-6-4-9(11)5-7-10/h1,4-7,12H,3,8H2. The van der Waals surface area contributed by atoms with E-state index in [1.165, 1.54) is 0 Å². The molecule has 0 heterocycles. The van der Waals surface area contributed by atoms with Crippen molar-refractivity contribution in [1.82, 2.24) is 0 Å². The van der Waals surface area contributed by atoms with Gasteiger partial charge in [0.1, 0.15) is 0 Å². The number of anilines is 1. The van der Waals surface area contributed by atoms with Crippen molar-refractivity contribution in [3.8, 4) is 12.3 Å². The van der Waals surface area contributed by atoms with Crippen LogP contribution < -0.4 is 5.32 Å². The van der Waals surface area contributed by atoms with E-state index in [4.69, 9.17) is 6.42 Å². The summed E-state index contributed by atoms with van der Waals surface area (Å²) in [7, 11) is 0. The van der Waals surface area contributed by atoms with Crippen LogP contribution >= 0.6 is 15.9 Å². The van der Waals surface area contributed by atoms with Crippen molar-refractivity contribution in [3.05, 3.63) is 28.7 Å². The van der Waals surface area contributed by atoms with E-state index in [1.54, 1.807) is 0 Å². The molecule has 0 atom stereocenters. The van der Waals surface area contributed by atoms with Crippen LogP contribution in [0.4, 0.5) is 5.69 Å². The highest BCUT2D eigenvalue weighted by Crippen LogP contribution is 2.13. The molecule has 1 nitrogen and oxygen atoms in total. The van der Waals surface area contributed by atoms with Gasteiger partial charge >= 0.3 is 0 Å². The van der Waals surface area contributed by atoms with E-state index in [0.717, 1.165) is 23.1 Å². The molecule has 1 rings (SSSR count). The van der Waals surface area contributed by atoms with Crippen molar-refractivity contribution >= 4 is 21.6 Å². The van der Waals surface area contributed by atoms with Gasteiger partial charge in [0, 0.05) is 23.1 Å². The predicted octanol–water partition coefficient (Wildman–Crippen LogP) is 2.88. The van der Waals surface area contributed by atoms with Crippen LogP contribution in [0.1, 0.15) is 6.42 Å². The van der Waals surface area contributed by atoms with Gasteiger partial charge < -0.3 is 5.32 Å². The number of benzene rings is 1. The van der Waals surface area contributed by atoms with E-state index in [-0.39, 0.29) is 0 Å². The monoisotopic (exact) mass is 223 g/mol. The van der Waals surface area contributed by atoms with Crippen molar-refractivity contribution in [2.24, 2.45) is 0 Å². The van der Waals surface area contributed by atoms with Crippen LogP contribution in [0.5, 0.6) is 0 Å². The second-order valence-electron chi connectivity index (χ2n) is 2.39. The summed E-state index contributed by atoms with van der Waals surface area (Å²) in [6.07, 6.45) is 5.88. The fourth-order valence-corrected chi connectivity index (χ4v) is 1.11. The fourth-order valence-electron chi connectivity index (χ4n) is 0.847. The van der Waals surface area contributed by atoms with Gasteiger partial charge in [0.15, 0.2) is 0 Å². The Balaban J connectivity index is 2.43. The zero-order valence-corrected chi connectivity index (χ0v) is 8.26. The average molecular weight is 224 g/mol. The summed E-state index contributed by atoms with van der Waals surface area (Å²) in [6, 6.07) is 8.03. The third kappa shape index (κ3) is 2.98. The van der Waals surface area contributed by atoms with Gasteiger partial charge in [-0.05, 0) is 24.3 Å². The first-order valence-electron chi connectivity index (χ1n) is 3.76. The van der Waals surface area contributed by atoms with E-state index in [9.17, 15) is 0 Å². The summed E-state index contributed by atoms with van der Waals surface area (Å²) in [6.45, 7) is 0.831. The smallest absolute Gasteiger partial charge is 0.0341 e. The van der Waals surface area contributed by atoms with Crippen LogP contribution in [0.2, 0.25) is 0 Å². The lowest BCUT2D eigenvalue weighted by molar-refractivity contribution is 1.10. The Kier molecular flexibility index (Phi) is 3.69. The van der Waals surface area contributed by atoms with Crippen molar-refractivity contribution in [3.63, 3.8) is 0 Å². The summed E-state index contributed by atoms with van der Waals surface area (Å²) >= 11 is 3.37.